The summed E-state index contributed by atoms with van der Waals surface area (Å²) in [5, 5.41) is 16.3. The summed E-state index contributed by atoms with van der Waals surface area (Å²) in [6.07, 6.45) is 0. The Labute approximate surface area is 239 Å². The van der Waals surface area contributed by atoms with Crippen molar-refractivity contribution in [3.05, 3.63) is 74.8 Å². The Balaban J connectivity index is 1.40. The number of hydrogen-bond acceptors (Lipinski definition) is 7. The number of anilines is 1. The van der Waals surface area contributed by atoms with Crippen LogP contribution < -0.4 is 10.6 Å². The molecule has 4 aromatic rings. The Morgan fingerprint density at radius 1 is 1.08 bits per heavy atom. The molecule has 0 radical (unpaired) electrons. The molecule has 8 nitrogen and oxygen atoms in total. The van der Waals surface area contributed by atoms with Crippen molar-refractivity contribution < 1.29 is 9.59 Å². The molecule has 0 aliphatic rings. The van der Waals surface area contributed by atoms with Crippen molar-refractivity contribution in [3.8, 4) is 11.3 Å². The molecule has 2 amide bonds. The molecule has 0 saturated carbocycles. The number of amides is 2. The van der Waals surface area contributed by atoms with Gasteiger partial charge in [-0.25, -0.2) is 4.98 Å². The van der Waals surface area contributed by atoms with Crippen LogP contribution in [0.1, 0.15) is 40.9 Å². The van der Waals surface area contributed by atoms with Crippen LogP contribution in [0.5, 0.6) is 0 Å². The first kappa shape index (κ1) is 28.1. The minimum absolute atomic E-state index is 0.0257. The SMILES string of the molecule is Cc1sc(NC(=O)CSc2nnc([C@H](NC(=O)c3ccc(Cl)c(Cl)c3)C(C)C)n2C)nc1-c1ccccc1. The highest BCUT2D eigenvalue weighted by Gasteiger charge is 2.26. The van der Waals surface area contributed by atoms with Crippen molar-refractivity contribution >= 4 is 63.2 Å². The average molecular weight is 590 g/mol. The largest absolute Gasteiger partial charge is 0.342 e. The number of benzene rings is 2. The average Bonchev–Trinajstić information content (AvgIpc) is 3.44. The number of thiazole rings is 1. The zero-order valence-corrected chi connectivity index (χ0v) is 24.3. The molecule has 38 heavy (non-hydrogen) atoms. The quantitative estimate of drug-likeness (QED) is 0.219. The summed E-state index contributed by atoms with van der Waals surface area (Å²) in [5.74, 6) is 0.249. The summed E-state index contributed by atoms with van der Waals surface area (Å²) in [7, 11) is 1.81. The van der Waals surface area contributed by atoms with E-state index in [1.807, 2.05) is 58.2 Å². The molecule has 2 N–H and O–H groups in total. The van der Waals surface area contributed by atoms with Gasteiger partial charge in [0.05, 0.1) is 27.5 Å². The topological polar surface area (TPSA) is 102 Å². The highest BCUT2D eigenvalue weighted by Crippen LogP contribution is 2.31. The summed E-state index contributed by atoms with van der Waals surface area (Å²) < 4.78 is 1.79. The van der Waals surface area contributed by atoms with Crippen molar-refractivity contribution in [2.45, 2.75) is 32.0 Å². The summed E-state index contributed by atoms with van der Waals surface area (Å²) in [6.45, 7) is 5.94. The van der Waals surface area contributed by atoms with Gasteiger partial charge < -0.3 is 15.2 Å². The van der Waals surface area contributed by atoms with Crippen molar-refractivity contribution in [1.29, 1.82) is 0 Å². The van der Waals surface area contributed by atoms with Gasteiger partial charge in [0.15, 0.2) is 16.1 Å². The van der Waals surface area contributed by atoms with Crippen molar-refractivity contribution in [2.75, 3.05) is 11.1 Å². The van der Waals surface area contributed by atoms with Crippen molar-refractivity contribution in [2.24, 2.45) is 13.0 Å². The van der Waals surface area contributed by atoms with Crippen LogP contribution in [0.25, 0.3) is 11.3 Å². The van der Waals surface area contributed by atoms with Crippen molar-refractivity contribution in [1.82, 2.24) is 25.1 Å². The molecular formula is C26H26Cl2N6O2S2. The highest BCUT2D eigenvalue weighted by atomic mass is 35.5. The van der Waals surface area contributed by atoms with Crippen LogP contribution >= 0.6 is 46.3 Å². The lowest BCUT2D eigenvalue weighted by Gasteiger charge is -2.21. The first-order valence-electron chi connectivity index (χ1n) is 11.7. The molecule has 0 spiro atoms. The molecule has 0 bridgehead atoms. The lowest BCUT2D eigenvalue weighted by Crippen LogP contribution is -2.33. The molecule has 0 aliphatic heterocycles. The summed E-state index contributed by atoms with van der Waals surface area (Å²) >= 11 is 14.7. The normalized spacial score (nSPS) is 12.0. The molecule has 0 saturated heterocycles. The number of thioether (sulfide) groups is 1. The molecular weight excluding hydrogens is 563 g/mol. The third-order valence-corrected chi connectivity index (χ3v) is 8.35. The number of aryl methyl sites for hydroxylation is 1. The first-order chi connectivity index (χ1) is 18.1. The van der Waals surface area contributed by atoms with E-state index in [2.05, 4.69) is 25.8 Å². The van der Waals surface area contributed by atoms with Crippen LogP contribution in [0, 0.1) is 12.8 Å². The van der Waals surface area contributed by atoms with Gasteiger partial charge >= 0.3 is 0 Å². The number of halogens is 2. The second kappa shape index (κ2) is 12.3. The van der Waals surface area contributed by atoms with E-state index in [9.17, 15) is 9.59 Å². The zero-order chi connectivity index (χ0) is 27.4. The molecule has 1 atom stereocenters. The van der Waals surface area contributed by atoms with Gasteiger partial charge in [-0.05, 0) is 31.0 Å². The van der Waals surface area contributed by atoms with E-state index >= 15 is 0 Å². The summed E-state index contributed by atoms with van der Waals surface area (Å²) in [6, 6.07) is 14.2. The molecule has 2 aromatic heterocycles. The Morgan fingerprint density at radius 2 is 1.82 bits per heavy atom. The fourth-order valence-corrected chi connectivity index (χ4v) is 5.58. The van der Waals surface area contributed by atoms with Gasteiger partial charge in [0.1, 0.15) is 0 Å². The van der Waals surface area contributed by atoms with Crippen LogP contribution in [-0.2, 0) is 11.8 Å². The zero-order valence-electron chi connectivity index (χ0n) is 21.2. The van der Waals surface area contributed by atoms with E-state index in [1.165, 1.54) is 29.2 Å². The minimum atomic E-state index is -0.410. The number of nitrogens with zero attached hydrogens (tertiary/aromatic N) is 4. The number of hydrogen-bond donors (Lipinski definition) is 2. The molecule has 198 valence electrons. The monoisotopic (exact) mass is 588 g/mol. The van der Waals surface area contributed by atoms with Crippen LogP contribution in [0.2, 0.25) is 10.0 Å². The second-order valence-electron chi connectivity index (χ2n) is 8.85. The molecule has 0 fully saturated rings. The van der Waals surface area contributed by atoms with Crippen LogP contribution in [0.4, 0.5) is 5.13 Å². The van der Waals surface area contributed by atoms with E-state index in [0.717, 1.165) is 16.1 Å². The van der Waals surface area contributed by atoms with Gasteiger partial charge in [0.25, 0.3) is 5.91 Å². The lowest BCUT2D eigenvalue weighted by atomic mass is 10.0. The first-order valence-corrected chi connectivity index (χ1v) is 14.3. The minimum Gasteiger partial charge on any atom is -0.342 e. The van der Waals surface area contributed by atoms with Crippen LogP contribution in [0.15, 0.2) is 53.7 Å². The summed E-state index contributed by atoms with van der Waals surface area (Å²) in [4.78, 5) is 31.2. The molecule has 0 unspecified atom stereocenters. The van der Waals surface area contributed by atoms with Gasteiger partial charge in [-0.15, -0.1) is 21.5 Å². The van der Waals surface area contributed by atoms with E-state index in [1.54, 1.807) is 16.7 Å². The Kier molecular flexibility index (Phi) is 9.09. The van der Waals surface area contributed by atoms with Gasteiger partial charge in [0.2, 0.25) is 5.91 Å². The number of rotatable bonds is 9. The smallest absolute Gasteiger partial charge is 0.251 e. The lowest BCUT2D eigenvalue weighted by molar-refractivity contribution is -0.113. The van der Waals surface area contributed by atoms with Gasteiger partial charge in [-0.3, -0.25) is 9.59 Å². The Morgan fingerprint density at radius 3 is 2.50 bits per heavy atom. The van der Waals surface area contributed by atoms with Gasteiger partial charge in [0, 0.05) is 23.1 Å². The molecule has 2 aromatic carbocycles. The van der Waals surface area contributed by atoms with Crippen molar-refractivity contribution in [3.63, 3.8) is 0 Å². The Bertz CT molecular complexity index is 1460. The standard InChI is InChI=1S/C26H26Cl2N6O2S2/c1-14(2)21(30-24(36)17-10-11-18(27)19(28)12-17)23-32-33-26(34(23)4)37-13-20(35)29-25-31-22(15(3)38-25)16-8-6-5-7-9-16/h5-12,14,21H,13H2,1-4H3,(H,30,36)(H,29,31,35)/t21-/m1/s1. The van der Waals surface area contributed by atoms with E-state index in [4.69, 9.17) is 23.2 Å². The number of nitrogens with one attached hydrogen (secondary N) is 2. The van der Waals surface area contributed by atoms with E-state index in [0.29, 0.717) is 31.7 Å². The molecule has 0 aliphatic carbocycles. The predicted octanol–water partition coefficient (Wildman–Crippen LogP) is 6.41. The van der Waals surface area contributed by atoms with Gasteiger partial charge in [-0.2, -0.15) is 0 Å². The molecule has 12 heteroatoms. The highest BCUT2D eigenvalue weighted by molar-refractivity contribution is 7.99. The number of carbonyl (C=O) groups excluding carboxylic acids is 2. The Hall–Kier alpha value is -2.92. The third kappa shape index (κ3) is 6.55. The van der Waals surface area contributed by atoms with Gasteiger partial charge in [-0.1, -0.05) is 79.1 Å². The second-order valence-corrected chi connectivity index (χ2v) is 11.8. The molecule has 4 rings (SSSR count). The van der Waals surface area contributed by atoms with Crippen LogP contribution in [-0.4, -0.2) is 37.3 Å². The van der Waals surface area contributed by atoms with E-state index in [-0.39, 0.29) is 23.5 Å². The maximum absolute atomic E-state index is 12.9. The maximum atomic E-state index is 12.9. The number of carbonyl (C=O) groups is 2. The fraction of sp³-hybridized carbons (Fsp3) is 0.269. The summed E-state index contributed by atoms with van der Waals surface area (Å²) in [5.41, 5.74) is 2.26. The maximum Gasteiger partial charge on any atom is 0.251 e. The van der Waals surface area contributed by atoms with E-state index < -0.39 is 6.04 Å². The molecule has 2 heterocycles. The third-order valence-electron chi connectivity index (χ3n) is 5.70. The predicted molar refractivity (Wildman–Crippen MR) is 154 cm³/mol. The number of aromatic nitrogens is 4. The fourth-order valence-electron chi connectivity index (χ4n) is 3.71. The van der Waals surface area contributed by atoms with Crippen LogP contribution in [0.3, 0.4) is 0 Å².